The van der Waals surface area contributed by atoms with E-state index in [0.717, 1.165) is 4.90 Å². The third kappa shape index (κ3) is 5.93. The maximum atomic E-state index is 12.2. The molecule has 0 aliphatic carbocycles. The standard InChI is InChI=1S/C22H19N3O5S/c23-11-12-31-18-4-2-1-3-17(18)24-19(26)14-30-22(29)16-7-5-15(6-8-16)13-25-20(27)9-10-21(25)28/h1-8H,9-10,12-14H2,(H,24,26). The molecule has 3 rings (SSSR count). The molecular formula is C22H19N3O5S. The van der Waals surface area contributed by atoms with Crippen LogP contribution in [0.5, 0.6) is 0 Å². The molecule has 2 aromatic rings. The van der Waals surface area contributed by atoms with Crippen LogP contribution in [0.3, 0.4) is 0 Å². The Morgan fingerprint density at radius 2 is 1.74 bits per heavy atom. The number of nitriles is 1. The van der Waals surface area contributed by atoms with Crippen molar-refractivity contribution in [1.82, 2.24) is 4.90 Å². The van der Waals surface area contributed by atoms with E-state index in [0.29, 0.717) is 11.3 Å². The SMILES string of the molecule is N#CCSc1ccccc1NC(=O)COC(=O)c1ccc(CN2C(=O)CCC2=O)cc1. The molecule has 0 saturated carbocycles. The van der Waals surface area contributed by atoms with Crippen molar-refractivity contribution < 1.29 is 23.9 Å². The van der Waals surface area contributed by atoms with Crippen LogP contribution in [0.15, 0.2) is 53.4 Å². The number of nitrogens with one attached hydrogen (secondary N) is 1. The van der Waals surface area contributed by atoms with Gasteiger partial charge in [-0.3, -0.25) is 19.3 Å². The van der Waals surface area contributed by atoms with E-state index in [-0.39, 0.29) is 42.5 Å². The number of carbonyl (C=O) groups excluding carboxylic acids is 4. The summed E-state index contributed by atoms with van der Waals surface area (Å²) in [6.45, 7) is -0.298. The fourth-order valence-corrected chi connectivity index (χ4v) is 3.60. The van der Waals surface area contributed by atoms with Crippen molar-refractivity contribution >= 4 is 41.1 Å². The number of anilines is 1. The second-order valence-electron chi connectivity index (χ2n) is 6.64. The largest absolute Gasteiger partial charge is 0.452 e. The molecule has 0 spiro atoms. The van der Waals surface area contributed by atoms with E-state index in [4.69, 9.17) is 10.00 Å². The van der Waals surface area contributed by atoms with E-state index in [2.05, 4.69) is 5.32 Å². The van der Waals surface area contributed by atoms with Gasteiger partial charge in [0.2, 0.25) is 11.8 Å². The molecule has 0 bridgehead atoms. The van der Waals surface area contributed by atoms with Crippen molar-refractivity contribution in [2.45, 2.75) is 24.3 Å². The number of ether oxygens (including phenoxy) is 1. The number of imide groups is 1. The first-order chi connectivity index (χ1) is 15.0. The lowest BCUT2D eigenvalue weighted by atomic mass is 10.1. The normalized spacial score (nSPS) is 13.1. The summed E-state index contributed by atoms with van der Waals surface area (Å²) in [4.78, 5) is 49.7. The van der Waals surface area contributed by atoms with Crippen molar-refractivity contribution in [3.63, 3.8) is 0 Å². The summed E-state index contributed by atoms with van der Waals surface area (Å²) in [6, 6.07) is 15.4. The Hall–Kier alpha value is -3.64. The van der Waals surface area contributed by atoms with Crippen LogP contribution in [0, 0.1) is 11.3 Å². The molecular weight excluding hydrogens is 418 g/mol. The fraction of sp³-hybridized carbons (Fsp3) is 0.227. The van der Waals surface area contributed by atoms with Gasteiger partial charge in [-0.05, 0) is 29.8 Å². The van der Waals surface area contributed by atoms with Gasteiger partial charge in [0.1, 0.15) is 0 Å². The van der Waals surface area contributed by atoms with E-state index in [9.17, 15) is 19.2 Å². The zero-order chi connectivity index (χ0) is 22.2. The minimum atomic E-state index is -0.665. The Balaban J connectivity index is 1.51. The lowest BCUT2D eigenvalue weighted by Gasteiger charge is -2.14. The molecule has 9 heteroatoms. The maximum absolute atomic E-state index is 12.2. The van der Waals surface area contributed by atoms with Crippen molar-refractivity contribution in [3.05, 3.63) is 59.7 Å². The quantitative estimate of drug-likeness (QED) is 0.383. The monoisotopic (exact) mass is 437 g/mol. The van der Waals surface area contributed by atoms with Crippen LogP contribution >= 0.6 is 11.8 Å². The minimum Gasteiger partial charge on any atom is -0.452 e. The van der Waals surface area contributed by atoms with Gasteiger partial charge in [-0.15, -0.1) is 11.8 Å². The average Bonchev–Trinajstić information content (AvgIpc) is 3.09. The molecule has 1 saturated heterocycles. The predicted octanol–water partition coefficient (Wildman–Crippen LogP) is 2.75. The summed E-state index contributed by atoms with van der Waals surface area (Å²) >= 11 is 1.29. The molecule has 2 aromatic carbocycles. The number of para-hydroxylation sites is 1. The number of amides is 3. The fourth-order valence-electron chi connectivity index (χ4n) is 2.93. The first-order valence-electron chi connectivity index (χ1n) is 9.46. The number of carbonyl (C=O) groups is 4. The Morgan fingerprint density at radius 3 is 2.42 bits per heavy atom. The first-order valence-corrected chi connectivity index (χ1v) is 10.4. The van der Waals surface area contributed by atoms with Gasteiger partial charge in [-0.25, -0.2) is 4.79 Å². The third-order valence-corrected chi connectivity index (χ3v) is 5.41. The topological polar surface area (TPSA) is 117 Å². The Kier molecular flexibility index (Phi) is 7.40. The van der Waals surface area contributed by atoms with E-state index in [1.54, 1.807) is 36.4 Å². The van der Waals surface area contributed by atoms with E-state index in [1.807, 2.05) is 6.07 Å². The molecule has 0 unspecified atom stereocenters. The number of likely N-dealkylation sites (tertiary alicyclic amines) is 1. The molecule has 8 nitrogen and oxygen atoms in total. The van der Waals surface area contributed by atoms with Crippen LogP contribution in [-0.2, 0) is 25.7 Å². The van der Waals surface area contributed by atoms with Gasteiger partial charge in [0.05, 0.1) is 29.6 Å². The van der Waals surface area contributed by atoms with Crippen LogP contribution < -0.4 is 5.32 Å². The Bertz CT molecular complexity index is 1030. The average molecular weight is 437 g/mol. The number of hydrogen-bond donors (Lipinski definition) is 1. The van der Waals surface area contributed by atoms with Crippen LogP contribution in [0.4, 0.5) is 5.69 Å². The zero-order valence-corrected chi connectivity index (χ0v) is 17.3. The van der Waals surface area contributed by atoms with Gasteiger partial charge in [0, 0.05) is 17.7 Å². The van der Waals surface area contributed by atoms with Gasteiger partial charge in [0.25, 0.3) is 5.91 Å². The molecule has 0 radical (unpaired) electrons. The maximum Gasteiger partial charge on any atom is 0.338 e. The molecule has 0 atom stereocenters. The van der Waals surface area contributed by atoms with Gasteiger partial charge in [-0.2, -0.15) is 5.26 Å². The van der Waals surface area contributed by atoms with Gasteiger partial charge < -0.3 is 10.1 Å². The second kappa shape index (κ2) is 10.4. The summed E-state index contributed by atoms with van der Waals surface area (Å²) in [7, 11) is 0. The highest BCUT2D eigenvalue weighted by Crippen LogP contribution is 2.26. The van der Waals surface area contributed by atoms with Gasteiger partial charge in [-0.1, -0.05) is 24.3 Å². The lowest BCUT2D eigenvalue weighted by Crippen LogP contribution is -2.28. The molecule has 0 aromatic heterocycles. The highest BCUT2D eigenvalue weighted by Gasteiger charge is 2.28. The lowest BCUT2D eigenvalue weighted by molar-refractivity contribution is -0.139. The molecule has 1 N–H and O–H groups in total. The molecule has 1 aliphatic heterocycles. The van der Waals surface area contributed by atoms with Gasteiger partial charge >= 0.3 is 5.97 Å². The number of nitrogens with zero attached hydrogens (tertiary/aromatic N) is 2. The highest BCUT2D eigenvalue weighted by molar-refractivity contribution is 7.99. The summed E-state index contributed by atoms with van der Waals surface area (Å²) in [5.74, 6) is -1.32. The van der Waals surface area contributed by atoms with E-state index >= 15 is 0 Å². The van der Waals surface area contributed by atoms with Crippen LogP contribution in [0.2, 0.25) is 0 Å². The summed E-state index contributed by atoms with van der Waals surface area (Å²) < 4.78 is 5.06. The molecule has 31 heavy (non-hydrogen) atoms. The molecule has 3 amide bonds. The van der Waals surface area contributed by atoms with Crippen molar-refractivity contribution in [2.24, 2.45) is 0 Å². The van der Waals surface area contributed by atoms with Crippen LogP contribution in [0.25, 0.3) is 0 Å². The van der Waals surface area contributed by atoms with Gasteiger partial charge in [0.15, 0.2) is 6.61 Å². The third-order valence-electron chi connectivity index (χ3n) is 4.47. The smallest absolute Gasteiger partial charge is 0.338 e. The summed E-state index contributed by atoms with van der Waals surface area (Å²) in [5, 5.41) is 11.4. The zero-order valence-electron chi connectivity index (χ0n) is 16.5. The van der Waals surface area contributed by atoms with Crippen molar-refractivity contribution in [2.75, 3.05) is 17.7 Å². The molecule has 158 valence electrons. The number of rotatable bonds is 8. The second-order valence-corrected chi connectivity index (χ2v) is 7.65. The summed E-state index contributed by atoms with van der Waals surface area (Å²) in [5.41, 5.74) is 1.50. The van der Waals surface area contributed by atoms with E-state index < -0.39 is 18.5 Å². The summed E-state index contributed by atoms with van der Waals surface area (Å²) in [6.07, 6.45) is 0.458. The van der Waals surface area contributed by atoms with Crippen molar-refractivity contribution in [3.8, 4) is 6.07 Å². The van der Waals surface area contributed by atoms with Crippen molar-refractivity contribution in [1.29, 1.82) is 5.26 Å². The van der Waals surface area contributed by atoms with Crippen LogP contribution in [-0.4, -0.2) is 41.0 Å². The Labute approximate surface area is 183 Å². The highest BCUT2D eigenvalue weighted by atomic mass is 32.2. The predicted molar refractivity (Wildman–Crippen MR) is 113 cm³/mol. The molecule has 1 heterocycles. The van der Waals surface area contributed by atoms with E-state index in [1.165, 1.54) is 28.8 Å². The number of hydrogen-bond acceptors (Lipinski definition) is 7. The minimum absolute atomic E-state index is 0.165. The van der Waals surface area contributed by atoms with Crippen LogP contribution in [0.1, 0.15) is 28.8 Å². The number of thioether (sulfide) groups is 1. The Morgan fingerprint density at radius 1 is 1.06 bits per heavy atom. The number of benzene rings is 2. The molecule has 1 fully saturated rings. The number of esters is 1. The first kappa shape index (κ1) is 22.1. The molecule has 1 aliphatic rings.